The second-order valence-electron chi connectivity index (χ2n) is 5.04. The van der Waals surface area contributed by atoms with E-state index in [-0.39, 0.29) is 6.04 Å². The molecular formula is C13H16ClNOS. The van der Waals surface area contributed by atoms with Crippen LogP contribution < -0.4 is 0 Å². The van der Waals surface area contributed by atoms with E-state index in [0.717, 1.165) is 36.1 Å². The zero-order valence-corrected chi connectivity index (χ0v) is 11.3. The van der Waals surface area contributed by atoms with Gasteiger partial charge in [-0.2, -0.15) is 0 Å². The van der Waals surface area contributed by atoms with Crippen LogP contribution in [0.5, 0.6) is 0 Å². The van der Waals surface area contributed by atoms with Gasteiger partial charge in [0.1, 0.15) is 0 Å². The molecule has 2 fully saturated rings. The Morgan fingerprint density at radius 3 is 2.82 bits per heavy atom. The molecule has 1 unspecified atom stereocenters. The van der Waals surface area contributed by atoms with Crippen molar-refractivity contribution < 1.29 is 4.79 Å². The highest BCUT2D eigenvalue weighted by Gasteiger charge is 2.34. The van der Waals surface area contributed by atoms with E-state index in [4.69, 9.17) is 11.6 Å². The Hall–Kier alpha value is -0.540. The molecule has 1 aromatic rings. The first-order chi connectivity index (χ1) is 8.24. The summed E-state index contributed by atoms with van der Waals surface area (Å²) in [5.41, 5.74) is 0. The summed E-state index contributed by atoms with van der Waals surface area (Å²) in [6.45, 7) is 0.957. The number of hydrogen-bond donors (Lipinski definition) is 0. The van der Waals surface area contributed by atoms with Crippen molar-refractivity contribution in [1.29, 1.82) is 0 Å². The summed E-state index contributed by atoms with van der Waals surface area (Å²) >= 11 is 7.62. The number of thiophene rings is 1. The SMILES string of the molecule is O=C1CCCC(c2ccc(Cl)s2)N1CC1CC1. The lowest BCUT2D eigenvalue weighted by Gasteiger charge is -2.35. The lowest BCUT2D eigenvalue weighted by atomic mass is 10.00. The smallest absolute Gasteiger partial charge is 0.223 e. The molecule has 0 N–H and O–H groups in total. The van der Waals surface area contributed by atoms with E-state index < -0.39 is 0 Å². The van der Waals surface area contributed by atoms with E-state index in [1.165, 1.54) is 17.7 Å². The summed E-state index contributed by atoms with van der Waals surface area (Å²) in [7, 11) is 0. The van der Waals surface area contributed by atoms with Crippen LogP contribution in [-0.4, -0.2) is 17.4 Å². The topological polar surface area (TPSA) is 20.3 Å². The van der Waals surface area contributed by atoms with Gasteiger partial charge in [-0.3, -0.25) is 4.79 Å². The van der Waals surface area contributed by atoms with Gasteiger partial charge in [0, 0.05) is 17.8 Å². The Bertz CT molecular complexity index is 427. The second-order valence-corrected chi connectivity index (χ2v) is 6.79. The van der Waals surface area contributed by atoms with Gasteiger partial charge in [-0.15, -0.1) is 11.3 Å². The first-order valence-corrected chi connectivity index (χ1v) is 7.48. The van der Waals surface area contributed by atoms with Crippen molar-refractivity contribution in [2.45, 2.75) is 38.1 Å². The van der Waals surface area contributed by atoms with E-state index in [9.17, 15) is 4.79 Å². The number of nitrogens with zero attached hydrogens (tertiary/aromatic N) is 1. The maximum Gasteiger partial charge on any atom is 0.223 e. The summed E-state index contributed by atoms with van der Waals surface area (Å²) in [5, 5.41) is 0. The zero-order valence-electron chi connectivity index (χ0n) is 9.69. The van der Waals surface area contributed by atoms with E-state index >= 15 is 0 Å². The van der Waals surface area contributed by atoms with Gasteiger partial charge in [0.05, 0.1) is 10.4 Å². The largest absolute Gasteiger partial charge is 0.335 e. The fourth-order valence-corrected chi connectivity index (χ4v) is 3.74. The normalized spacial score (nSPS) is 25.4. The molecule has 1 aliphatic carbocycles. The van der Waals surface area contributed by atoms with Crippen molar-refractivity contribution in [2.24, 2.45) is 5.92 Å². The van der Waals surface area contributed by atoms with Crippen LogP contribution in [0, 0.1) is 5.92 Å². The molecule has 0 bridgehead atoms. The number of piperidine rings is 1. The molecular weight excluding hydrogens is 254 g/mol. The monoisotopic (exact) mass is 269 g/mol. The summed E-state index contributed by atoms with van der Waals surface area (Å²) in [4.78, 5) is 15.4. The maximum atomic E-state index is 12.0. The lowest BCUT2D eigenvalue weighted by molar-refractivity contribution is -0.136. The minimum atomic E-state index is 0.286. The lowest BCUT2D eigenvalue weighted by Crippen LogP contribution is -2.39. The van der Waals surface area contributed by atoms with Crippen LogP contribution in [0.3, 0.4) is 0 Å². The Labute approximate surface area is 111 Å². The molecule has 1 saturated heterocycles. The molecule has 2 aliphatic rings. The molecule has 1 aliphatic heterocycles. The van der Waals surface area contributed by atoms with Crippen molar-refractivity contribution >= 4 is 28.8 Å². The third-order valence-electron chi connectivity index (χ3n) is 3.64. The van der Waals surface area contributed by atoms with E-state index in [2.05, 4.69) is 11.0 Å². The second kappa shape index (κ2) is 4.62. The predicted octanol–water partition coefficient (Wildman–Crippen LogP) is 3.87. The molecule has 1 atom stereocenters. The molecule has 0 spiro atoms. The van der Waals surface area contributed by atoms with Crippen molar-refractivity contribution in [3.63, 3.8) is 0 Å². The number of carbonyl (C=O) groups is 1. The Morgan fingerprint density at radius 2 is 2.18 bits per heavy atom. The molecule has 4 heteroatoms. The Morgan fingerprint density at radius 1 is 1.35 bits per heavy atom. The number of carbonyl (C=O) groups excluding carboxylic acids is 1. The first-order valence-electron chi connectivity index (χ1n) is 6.29. The summed E-state index contributed by atoms with van der Waals surface area (Å²) < 4.78 is 0.824. The molecule has 2 nitrogen and oxygen atoms in total. The van der Waals surface area contributed by atoms with Gasteiger partial charge in [0.15, 0.2) is 0 Å². The molecule has 1 saturated carbocycles. The first kappa shape index (κ1) is 11.5. The van der Waals surface area contributed by atoms with Crippen LogP contribution in [-0.2, 0) is 4.79 Å². The summed E-state index contributed by atoms with van der Waals surface area (Å²) in [6, 6.07) is 4.31. The van der Waals surface area contributed by atoms with Gasteiger partial charge in [0.25, 0.3) is 0 Å². The van der Waals surface area contributed by atoms with Gasteiger partial charge in [0.2, 0.25) is 5.91 Å². The molecule has 0 aromatic carbocycles. The Balaban J connectivity index is 1.81. The van der Waals surface area contributed by atoms with Crippen LogP contribution >= 0.6 is 22.9 Å². The maximum absolute atomic E-state index is 12.0. The predicted molar refractivity (Wildman–Crippen MR) is 70.4 cm³/mol. The minimum Gasteiger partial charge on any atom is -0.335 e. The average Bonchev–Trinajstić information content (AvgIpc) is 3.02. The van der Waals surface area contributed by atoms with E-state index in [0.29, 0.717) is 5.91 Å². The molecule has 2 heterocycles. The molecule has 92 valence electrons. The third kappa shape index (κ3) is 2.50. The van der Waals surface area contributed by atoms with Crippen LogP contribution in [0.2, 0.25) is 4.34 Å². The minimum absolute atomic E-state index is 0.286. The zero-order chi connectivity index (χ0) is 11.8. The van der Waals surface area contributed by atoms with Crippen molar-refractivity contribution in [2.75, 3.05) is 6.54 Å². The number of rotatable bonds is 3. The number of hydrogen-bond acceptors (Lipinski definition) is 2. The molecule has 17 heavy (non-hydrogen) atoms. The van der Waals surface area contributed by atoms with E-state index in [1.54, 1.807) is 11.3 Å². The Kier molecular flexibility index (Phi) is 3.14. The number of likely N-dealkylation sites (tertiary alicyclic amines) is 1. The molecule has 3 rings (SSSR count). The highest BCUT2D eigenvalue weighted by atomic mass is 35.5. The highest BCUT2D eigenvalue weighted by Crippen LogP contribution is 2.40. The number of halogens is 1. The standard InChI is InChI=1S/C13H16ClNOS/c14-12-7-6-11(17-12)10-2-1-3-13(16)15(10)8-9-4-5-9/h6-7,9-10H,1-5,8H2. The quantitative estimate of drug-likeness (QED) is 0.816. The van der Waals surface area contributed by atoms with Gasteiger partial charge >= 0.3 is 0 Å². The fourth-order valence-electron chi connectivity index (χ4n) is 2.53. The van der Waals surface area contributed by atoms with Gasteiger partial charge in [-0.25, -0.2) is 0 Å². The van der Waals surface area contributed by atoms with Gasteiger partial charge in [-0.05, 0) is 43.7 Å². The van der Waals surface area contributed by atoms with Crippen molar-refractivity contribution in [1.82, 2.24) is 4.90 Å². The molecule has 1 amide bonds. The molecule has 0 radical (unpaired) electrons. The number of amides is 1. The van der Waals surface area contributed by atoms with Crippen molar-refractivity contribution in [3.8, 4) is 0 Å². The summed E-state index contributed by atoms with van der Waals surface area (Å²) in [5.74, 6) is 1.09. The van der Waals surface area contributed by atoms with Crippen LogP contribution in [0.15, 0.2) is 12.1 Å². The highest BCUT2D eigenvalue weighted by molar-refractivity contribution is 7.16. The van der Waals surface area contributed by atoms with Crippen LogP contribution in [0.25, 0.3) is 0 Å². The van der Waals surface area contributed by atoms with Crippen LogP contribution in [0.1, 0.15) is 43.0 Å². The fraction of sp³-hybridized carbons (Fsp3) is 0.615. The van der Waals surface area contributed by atoms with Crippen molar-refractivity contribution in [3.05, 3.63) is 21.3 Å². The third-order valence-corrected chi connectivity index (χ3v) is 4.97. The summed E-state index contributed by atoms with van der Waals surface area (Å²) in [6.07, 6.45) is 5.42. The van der Waals surface area contributed by atoms with Gasteiger partial charge < -0.3 is 4.90 Å². The average molecular weight is 270 g/mol. The van der Waals surface area contributed by atoms with Gasteiger partial charge in [-0.1, -0.05) is 11.6 Å². The van der Waals surface area contributed by atoms with Crippen LogP contribution in [0.4, 0.5) is 0 Å². The molecule has 1 aromatic heterocycles. The van der Waals surface area contributed by atoms with E-state index in [1.807, 2.05) is 6.07 Å².